The van der Waals surface area contributed by atoms with E-state index < -0.39 is 24.0 Å². The Bertz CT molecular complexity index is 1420. The summed E-state index contributed by atoms with van der Waals surface area (Å²) in [5.74, 6) is 0.00845. The average Bonchev–Trinajstić information content (AvgIpc) is 3.59. The van der Waals surface area contributed by atoms with Gasteiger partial charge in [-0.1, -0.05) is 35.0 Å². The molecule has 2 heterocycles. The lowest BCUT2D eigenvalue weighted by Gasteiger charge is -2.32. The zero-order valence-corrected chi connectivity index (χ0v) is 23.7. The summed E-state index contributed by atoms with van der Waals surface area (Å²) in [6, 6.07) is 13.3. The SMILES string of the molecule is COc1ccc(NC(=O)N2CCN(C(=O)c3c(-c4ccccc4Cl)noc3C)C2C(=O)NC2CCC(N)CC2)cc1. The molecule has 1 saturated heterocycles. The van der Waals surface area contributed by atoms with Gasteiger partial charge in [-0.3, -0.25) is 14.5 Å². The number of nitrogens with two attached hydrogens (primary N) is 1. The molecule has 2 fully saturated rings. The molecule has 1 aromatic heterocycles. The highest BCUT2D eigenvalue weighted by Crippen LogP contribution is 2.33. The number of nitrogens with zero attached hydrogens (tertiary/aromatic N) is 3. The van der Waals surface area contributed by atoms with Crippen LogP contribution in [0.2, 0.25) is 5.02 Å². The third-order valence-electron chi connectivity index (χ3n) is 7.59. The van der Waals surface area contributed by atoms with Crippen LogP contribution < -0.4 is 21.1 Å². The van der Waals surface area contributed by atoms with E-state index in [2.05, 4.69) is 15.8 Å². The number of benzene rings is 2. The number of urea groups is 1. The van der Waals surface area contributed by atoms with Gasteiger partial charge in [0.15, 0.2) is 6.17 Å². The largest absolute Gasteiger partial charge is 0.497 e. The highest BCUT2D eigenvalue weighted by Gasteiger charge is 2.45. The van der Waals surface area contributed by atoms with Crippen molar-refractivity contribution in [1.29, 1.82) is 0 Å². The molecule has 3 aromatic rings. The Morgan fingerprint density at radius 1 is 1.02 bits per heavy atom. The van der Waals surface area contributed by atoms with Crippen molar-refractivity contribution in [1.82, 2.24) is 20.3 Å². The molecule has 1 saturated carbocycles. The van der Waals surface area contributed by atoms with E-state index >= 15 is 0 Å². The zero-order chi connectivity index (χ0) is 29.1. The molecule has 216 valence electrons. The predicted octanol–water partition coefficient (Wildman–Crippen LogP) is 4.01. The second-order valence-corrected chi connectivity index (χ2v) is 10.7. The molecule has 0 radical (unpaired) electrons. The minimum Gasteiger partial charge on any atom is -0.497 e. The maximum absolute atomic E-state index is 14.1. The minimum absolute atomic E-state index is 0.0950. The van der Waals surface area contributed by atoms with Crippen LogP contribution in [-0.4, -0.2) is 71.3 Å². The van der Waals surface area contributed by atoms with Crippen molar-refractivity contribution in [2.45, 2.75) is 50.9 Å². The van der Waals surface area contributed by atoms with E-state index in [1.165, 1.54) is 9.80 Å². The van der Waals surface area contributed by atoms with E-state index in [1.54, 1.807) is 62.6 Å². The number of aromatic nitrogens is 1. The van der Waals surface area contributed by atoms with Crippen molar-refractivity contribution in [3.63, 3.8) is 0 Å². The summed E-state index contributed by atoms with van der Waals surface area (Å²) in [5, 5.41) is 10.4. The molecule has 4 amide bonds. The smallest absolute Gasteiger partial charge is 0.323 e. The third-order valence-corrected chi connectivity index (χ3v) is 7.92. The lowest BCUT2D eigenvalue weighted by atomic mass is 9.92. The highest BCUT2D eigenvalue weighted by molar-refractivity contribution is 6.33. The normalized spacial score (nSPS) is 20.5. The molecule has 5 rings (SSSR count). The summed E-state index contributed by atoms with van der Waals surface area (Å²) in [5.41, 5.74) is 7.57. The Balaban J connectivity index is 1.44. The Hall–Kier alpha value is -4.09. The second-order valence-electron chi connectivity index (χ2n) is 10.3. The van der Waals surface area contributed by atoms with Crippen LogP contribution in [0.4, 0.5) is 10.5 Å². The quantitative estimate of drug-likeness (QED) is 0.399. The van der Waals surface area contributed by atoms with E-state index in [0.29, 0.717) is 22.0 Å². The number of aryl methyl sites for hydroxylation is 1. The molecule has 2 aromatic carbocycles. The fourth-order valence-corrected chi connectivity index (χ4v) is 5.58. The first-order valence-corrected chi connectivity index (χ1v) is 13.9. The summed E-state index contributed by atoms with van der Waals surface area (Å²) < 4.78 is 10.6. The van der Waals surface area contributed by atoms with Gasteiger partial charge in [0.2, 0.25) is 0 Å². The van der Waals surface area contributed by atoms with Gasteiger partial charge >= 0.3 is 6.03 Å². The lowest BCUT2D eigenvalue weighted by molar-refractivity contribution is -0.128. The second kappa shape index (κ2) is 12.2. The molecular weight excluding hydrogens is 548 g/mol. The van der Waals surface area contributed by atoms with Crippen molar-refractivity contribution in [3.05, 3.63) is 64.9 Å². The standard InChI is InChI=1S/C29H33ClN6O5/c1-17-24(25(34-41-17)22-5-3-4-6-23(22)30)28(38)35-15-16-36(29(39)33-20-11-13-21(40-2)14-12-20)27(35)26(37)32-19-9-7-18(31)8-10-19/h3-6,11-14,18-19,27H,7-10,15-16,31H2,1-2H3,(H,32,37)(H,33,39). The van der Waals surface area contributed by atoms with Crippen molar-refractivity contribution in [2.24, 2.45) is 5.73 Å². The van der Waals surface area contributed by atoms with E-state index in [4.69, 9.17) is 26.6 Å². The average molecular weight is 581 g/mol. The van der Waals surface area contributed by atoms with E-state index in [9.17, 15) is 14.4 Å². The molecule has 4 N–H and O–H groups in total. The zero-order valence-electron chi connectivity index (χ0n) is 22.9. The molecular formula is C29H33ClN6O5. The van der Waals surface area contributed by atoms with Crippen LogP contribution in [0.3, 0.4) is 0 Å². The number of hydrogen-bond acceptors (Lipinski definition) is 7. The number of methoxy groups -OCH3 is 1. The van der Waals surface area contributed by atoms with Gasteiger partial charge in [0.25, 0.3) is 11.8 Å². The van der Waals surface area contributed by atoms with Gasteiger partial charge in [-0.05, 0) is 62.9 Å². The van der Waals surface area contributed by atoms with Gasteiger partial charge in [0.1, 0.15) is 22.8 Å². The van der Waals surface area contributed by atoms with Crippen molar-refractivity contribution in [3.8, 4) is 17.0 Å². The van der Waals surface area contributed by atoms with Crippen LogP contribution >= 0.6 is 11.6 Å². The van der Waals surface area contributed by atoms with Gasteiger partial charge in [-0.15, -0.1) is 0 Å². The van der Waals surface area contributed by atoms with Crippen molar-refractivity contribution in [2.75, 3.05) is 25.5 Å². The number of carbonyl (C=O) groups excluding carboxylic acids is 3. The first-order chi connectivity index (χ1) is 19.8. The Morgan fingerprint density at radius 3 is 2.39 bits per heavy atom. The number of carbonyl (C=O) groups is 3. The first-order valence-electron chi connectivity index (χ1n) is 13.6. The first kappa shape index (κ1) is 28.4. The topological polar surface area (TPSA) is 143 Å². The third kappa shape index (κ3) is 6.01. The van der Waals surface area contributed by atoms with E-state index in [-0.39, 0.29) is 42.2 Å². The number of hydrogen-bond donors (Lipinski definition) is 3. The van der Waals surface area contributed by atoms with Crippen LogP contribution in [0.5, 0.6) is 5.75 Å². The number of rotatable bonds is 6. The van der Waals surface area contributed by atoms with Crippen LogP contribution in [0, 0.1) is 6.92 Å². The Kier molecular flexibility index (Phi) is 8.46. The van der Waals surface area contributed by atoms with Crippen LogP contribution in [0.1, 0.15) is 41.8 Å². The Morgan fingerprint density at radius 2 is 1.71 bits per heavy atom. The number of nitrogens with one attached hydrogen (secondary N) is 2. The molecule has 1 aliphatic carbocycles. The molecule has 1 aliphatic heterocycles. The summed E-state index contributed by atoms with van der Waals surface area (Å²) in [4.78, 5) is 44.1. The van der Waals surface area contributed by atoms with Crippen LogP contribution in [0.25, 0.3) is 11.3 Å². The van der Waals surface area contributed by atoms with Gasteiger partial charge in [-0.25, -0.2) is 4.79 Å². The van der Waals surface area contributed by atoms with Crippen LogP contribution in [-0.2, 0) is 4.79 Å². The van der Waals surface area contributed by atoms with E-state index in [1.807, 2.05) is 0 Å². The fourth-order valence-electron chi connectivity index (χ4n) is 5.35. The summed E-state index contributed by atoms with van der Waals surface area (Å²) in [6.45, 7) is 1.91. The molecule has 12 heteroatoms. The van der Waals surface area contributed by atoms with Crippen molar-refractivity contribution >= 4 is 35.1 Å². The number of amides is 4. The molecule has 11 nitrogen and oxygen atoms in total. The van der Waals surface area contributed by atoms with Gasteiger partial charge in [0, 0.05) is 36.4 Å². The maximum atomic E-state index is 14.1. The minimum atomic E-state index is -1.19. The van der Waals surface area contributed by atoms with Crippen molar-refractivity contribution < 1.29 is 23.6 Å². The van der Waals surface area contributed by atoms with Crippen LogP contribution in [0.15, 0.2) is 53.1 Å². The summed E-state index contributed by atoms with van der Waals surface area (Å²) in [7, 11) is 1.56. The molecule has 41 heavy (non-hydrogen) atoms. The van der Waals surface area contributed by atoms with Gasteiger partial charge < -0.3 is 30.5 Å². The number of anilines is 1. The van der Waals surface area contributed by atoms with Gasteiger partial charge in [0.05, 0.1) is 12.1 Å². The number of halogens is 1. The number of ether oxygens (including phenoxy) is 1. The summed E-state index contributed by atoms with van der Waals surface area (Å²) >= 11 is 6.41. The molecule has 1 unspecified atom stereocenters. The molecule has 0 spiro atoms. The fraction of sp³-hybridized carbons (Fsp3) is 0.379. The maximum Gasteiger partial charge on any atom is 0.323 e. The molecule has 1 atom stereocenters. The summed E-state index contributed by atoms with van der Waals surface area (Å²) in [6.07, 6.45) is 1.85. The monoisotopic (exact) mass is 580 g/mol. The van der Waals surface area contributed by atoms with E-state index in [0.717, 1.165) is 25.7 Å². The predicted molar refractivity (Wildman–Crippen MR) is 154 cm³/mol. The molecule has 2 aliphatic rings. The molecule has 0 bridgehead atoms. The Labute approximate surface area is 242 Å². The highest BCUT2D eigenvalue weighted by atomic mass is 35.5. The lowest BCUT2D eigenvalue weighted by Crippen LogP contribution is -2.56. The van der Waals surface area contributed by atoms with Gasteiger partial charge in [-0.2, -0.15) is 0 Å².